The van der Waals surface area contributed by atoms with Crippen molar-refractivity contribution in [2.45, 2.75) is 26.4 Å². The van der Waals surface area contributed by atoms with Crippen molar-refractivity contribution in [3.63, 3.8) is 0 Å². The second-order valence-electron chi connectivity index (χ2n) is 4.24. The highest BCUT2D eigenvalue weighted by Crippen LogP contribution is 2.30. The molecule has 0 saturated heterocycles. The van der Waals surface area contributed by atoms with E-state index in [1.807, 2.05) is 6.92 Å². The average Bonchev–Trinajstić information content (AvgIpc) is 2.85. The summed E-state index contributed by atoms with van der Waals surface area (Å²) in [6.45, 7) is 5.33. The highest BCUT2D eigenvalue weighted by Gasteiger charge is 2.20. The summed E-state index contributed by atoms with van der Waals surface area (Å²) in [7, 11) is 0. The first-order chi connectivity index (χ1) is 8.61. The van der Waals surface area contributed by atoms with Crippen molar-refractivity contribution in [3.05, 3.63) is 28.5 Å². The Bertz CT molecular complexity index is 476. The molecule has 1 N–H and O–H groups in total. The van der Waals surface area contributed by atoms with Crippen LogP contribution in [0.4, 0.5) is 4.39 Å². The molecule has 1 unspecified atom stereocenters. The molecule has 0 aromatic heterocycles. The smallest absolute Gasteiger partial charge is 0.155 e. The Labute approximate surface area is 111 Å². The van der Waals surface area contributed by atoms with E-state index in [9.17, 15) is 4.39 Å². The van der Waals surface area contributed by atoms with Gasteiger partial charge in [-0.2, -0.15) is 0 Å². The number of aliphatic imine (C=N–C) groups is 1. The van der Waals surface area contributed by atoms with Crippen LogP contribution in [0.25, 0.3) is 0 Å². The molecule has 3 nitrogen and oxygen atoms in total. The van der Waals surface area contributed by atoms with Crippen LogP contribution in [0.2, 0.25) is 5.02 Å². The molecule has 18 heavy (non-hydrogen) atoms. The van der Waals surface area contributed by atoms with Crippen molar-refractivity contribution in [2.24, 2.45) is 4.99 Å². The monoisotopic (exact) mass is 270 g/mol. The van der Waals surface area contributed by atoms with E-state index in [0.717, 1.165) is 25.3 Å². The number of amidine groups is 1. The van der Waals surface area contributed by atoms with Gasteiger partial charge in [-0.1, -0.05) is 18.5 Å². The summed E-state index contributed by atoms with van der Waals surface area (Å²) in [5, 5.41) is 3.62. The number of nitrogens with zero attached hydrogens (tertiary/aromatic N) is 1. The summed E-state index contributed by atoms with van der Waals surface area (Å²) in [5.74, 6) is 0.843. The molecule has 1 aliphatic rings. The molecule has 1 atom stereocenters. The van der Waals surface area contributed by atoms with E-state index in [2.05, 4.69) is 10.3 Å². The Kier molecular flexibility index (Phi) is 4.07. The Morgan fingerprint density at radius 1 is 1.56 bits per heavy atom. The molecule has 0 aliphatic carbocycles. The number of hydrogen-bond acceptors (Lipinski definition) is 3. The lowest BCUT2D eigenvalue weighted by Crippen LogP contribution is -2.35. The predicted octanol–water partition coefficient (Wildman–Crippen LogP) is 2.95. The Balaban J connectivity index is 2.21. The van der Waals surface area contributed by atoms with Gasteiger partial charge >= 0.3 is 0 Å². The van der Waals surface area contributed by atoms with Gasteiger partial charge in [0.05, 0.1) is 11.6 Å². The van der Waals surface area contributed by atoms with Gasteiger partial charge in [0.15, 0.2) is 6.10 Å². The molecule has 5 heteroatoms. The SMILES string of the molecule is CCC(Oc1cc(F)cc(C)c1Cl)C1=NCCN1. The van der Waals surface area contributed by atoms with Crippen LogP contribution < -0.4 is 10.1 Å². The molecule has 0 bridgehead atoms. The van der Waals surface area contributed by atoms with Crippen LogP contribution in [0, 0.1) is 12.7 Å². The molecule has 0 spiro atoms. The van der Waals surface area contributed by atoms with Gasteiger partial charge in [0.1, 0.15) is 17.4 Å². The number of halogens is 2. The third-order valence-electron chi connectivity index (χ3n) is 2.83. The van der Waals surface area contributed by atoms with Crippen molar-refractivity contribution >= 4 is 17.4 Å². The number of benzene rings is 1. The van der Waals surface area contributed by atoms with Gasteiger partial charge in [0, 0.05) is 12.6 Å². The molecular formula is C13H16ClFN2O. The van der Waals surface area contributed by atoms with Crippen molar-refractivity contribution in [3.8, 4) is 5.75 Å². The number of rotatable bonds is 4. The van der Waals surface area contributed by atoms with Gasteiger partial charge in [0.25, 0.3) is 0 Å². The zero-order valence-corrected chi connectivity index (χ0v) is 11.2. The minimum atomic E-state index is -0.344. The lowest BCUT2D eigenvalue weighted by atomic mass is 10.2. The van der Waals surface area contributed by atoms with Gasteiger partial charge in [-0.05, 0) is 25.0 Å². The van der Waals surface area contributed by atoms with E-state index in [-0.39, 0.29) is 11.9 Å². The maximum absolute atomic E-state index is 13.4. The van der Waals surface area contributed by atoms with Gasteiger partial charge in [0.2, 0.25) is 0 Å². The Morgan fingerprint density at radius 2 is 2.33 bits per heavy atom. The minimum absolute atomic E-state index is 0.203. The quantitative estimate of drug-likeness (QED) is 0.913. The first kappa shape index (κ1) is 13.1. The molecule has 1 heterocycles. The number of nitrogens with one attached hydrogen (secondary N) is 1. The molecule has 0 radical (unpaired) electrons. The molecular weight excluding hydrogens is 255 g/mol. The second-order valence-corrected chi connectivity index (χ2v) is 4.62. The third kappa shape index (κ3) is 2.75. The maximum atomic E-state index is 13.4. The zero-order chi connectivity index (χ0) is 13.1. The van der Waals surface area contributed by atoms with Gasteiger partial charge in [-0.15, -0.1) is 0 Å². The molecule has 0 fully saturated rings. The van der Waals surface area contributed by atoms with Crippen LogP contribution >= 0.6 is 11.6 Å². The minimum Gasteiger partial charge on any atom is -0.481 e. The van der Waals surface area contributed by atoms with Gasteiger partial charge in [-0.25, -0.2) is 4.39 Å². The van der Waals surface area contributed by atoms with Gasteiger partial charge in [-0.3, -0.25) is 4.99 Å². The summed E-state index contributed by atoms with van der Waals surface area (Å²) in [6.07, 6.45) is 0.545. The fraction of sp³-hybridized carbons (Fsp3) is 0.462. The maximum Gasteiger partial charge on any atom is 0.155 e. The molecule has 0 saturated carbocycles. The number of hydrogen-bond donors (Lipinski definition) is 1. The molecule has 0 amide bonds. The van der Waals surface area contributed by atoms with E-state index in [4.69, 9.17) is 16.3 Å². The normalized spacial score (nSPS) is 16.1. The highest BCUT2D eigenvalue weighted by molar-refractivity contribution is 6.32. The fourth-order valence-electron chi connectivity index (χ4n) is 1.90. The van der Waals surface area contributed by atoms with Gasteiger partial charge < -0.3 is 10.1 Å². The van der Waals surface area contributed by atoms with E-state index >= 15 is 0 Å². The number of aryl methyl sites for hydroxylation is 1. The molecule has 98 valence electrons. The summed E-state index contributed by atoms with van der Waals surface area (Å²) in [6, 6.07) is 2.70. The first-order valence-electron chi connectivity index (χ1n) is 6.02. The van der Waals surface area contributed by atoms with E-state index in [0.29, 0.717) is 16.3 Å². The lowest BCUT2D eigenvalue weighted by molar-refractivity contribution is 0.258. The molecule has 2 rings (SSSR count). The van der Waals surface area contributed by atoms with Crippen LogP contribution in [0.15, 0.2) is 17.1 Å². The predicted molar refractivity (Wildman–Crippen MR) is 71.2 cm³/mol. The van der Waals surface area contributed by atoms with Crippen LogP contribution in [0.3, 0.4) is 0 Å². The summed E-state index contributed by atoms with van der Waals surface area (Å²) < 4.78 is 19.1. The van der Waals surface area contributed by atoms with Crippen LogP contribution in [0.5, 0.6) is 5.75 Å². The molecule has 1 aromatic rings. The van der Waals surface area contributed by atoms with E-state index in [1.165, 1.54) is 12.1 Å². The topological polar surface area (TPSA) is 33.6 Å². The standard InChI is InChI=1S/C13H16ClFN2O/c1-3-10(13-16-4-5-17-13)18-11-7-9(15)6-8(2)12(11)14/h6-7,10H,3-5H2,1-2H3,(H,16,17). The van der Waals surface area contributed by atoms with Crippen LogP contribution in [-0.4, -0.2) is 25.0 Å². The second kappa shape index (κ2) is 5.57. The summed E-state index contributed by atoms with van der Waals surface area (Å²) in [4.78, 5) is 4.32. The van der Waals surface area contributed by atoms with Crippen molar-refractivity contribution in [1.29, 1.82) is 0 Å². The highest BCUT2D eigenvalue weighted by atomic mass is 35.5. The molecule has 1 aliphatic heterocycles. The largest absolute Gasteiger partial charge is 0.481 e. The summed E-state index contributed by atoms with van der Waals surface area (Å²) in [5.41, 5.74) is 0.669. The van der Waals surface area contributed by atoms with Crippen molar-refractivity contribution < 1.29 is 9.13 Å². The number of ether oxygens (including phenoxy) is 1. The Hall–Kier alpha value is -1.29. The van der Waals surface area contributed by atoms with Crippen molar-refractivity contribution in [1.82, 2.24) is 5.32 Å². The first-order valence-corrected chi connectivity index (χ1v) is 6.40. The third-order valence-corrected chi connectivity index (χ3v) is 3.32. The zero-order valence-electron chi connectivity index (χ0n) is 10.5. The van der Waals surface area contributed by atoms with Crippen LogP contribution in [0.1, 0.15) is 18.9 Å². The molecule has 1 aromatic carbocycles. The summed E-state index contributed by atoms with van der Waals surface area (Å²) >= 11 is 6.12. The van der Waals surface area contributed by atoms with E-state index in [1.54, 1.807) is 6.92 Å². The lowest BCUT2D eigenvalue weighted by Gasteiger charge is -2.19. The average molecular weight is 271 g/mol. The fourth-order valence-corrected chi connectivity index (χ4v) is 2.05. The van der Waals surface area contributed by atoms with E-state index < -0.39 is 0 Å². The Morgan fingerprint density at radius 3 is 2.94 bits per heavy atom. The van der Waals surface area contributed by atoms with Crippen molar-refractivity contribution in [2.75, 3.05) is 13.1 Å². The van der Waals surface area contributed by atoms with Crippen LogP contribution in [-0.2, 0) is 0 Å².